The molecule has 2 aromatic rings. The van der Waals surface area contributed by atoms with E-state index < -0.39 is 0 Å². The molecule has 1 aromatic heterocycles. The second-order valence-electron chi connectivity index (χ2n) is 6.21. The maximum absolute atomic E-state index is 12.4. The van der Waals surface area contributed by atoms with E-state index in [9.17, 15) is 4.79 Å². The molecule has 1 heterocycles. The number of carbonyl (C=O) groups is 1. The van der Waals surface area contributed by atoms with Crippen molar-refractivity contribution >= 4 is 18.3 Å². The summed E-state index contributed by atoms with van der Waals surface area (Å²) in [5, 5.41) is 7.36. The van der Waals surface area contributed by atoms with E-state index >= 15 is 0 Å². The van der Waals surface area contributed by atoms with E-state index in [1.165, 1.54) is 18.4 Å². The number of amides is 1. The molecule has 0 saturated heterocycles. The molecule has 1 atom stereocenters. The summed E-state index contributed by atoms with van der Waals surface area (Å²) in [4.78, 5) is 12.4. The topological polar surface area (TPSA) is 72.9 Å². The number of benzene rings is 1. The Morgan fingerprint density at radius 1 is 1.38 bits per heavy atom. The van der Waals surface area contributed by atoms with Crippen molar-refractivity contribution in [3.8, 4) is 0 Å². The molecular weight excluding hydrogens is 324 g/mol. The first-order valence-electron chi connectivity index (χ1n) is 8.31. The van der Waals surface area contributed by atoms with E-state index in [0.29, 0.717) is 24.6 Å². The van der Waals surface area contributed by atoms with Gasteiger partial charge in [-0.25, -0.2) is 0 Å². The fourth-order valence-electron chi connectivity index (χ4n) is 2.86. The summed E-state index contributed by atoms with van der Waals surface area (Å²) < 4.78 is 1.91. The summed E-state index contributed by atoms with van der Waals surface area (Å²) in [6, 6.07) is 10.2. The average molecular weight is 349 g/mol. The van der Waals surface area contributed by atoms with Gasteiger partial charge in [0.2, 0.25) is 0 Å². The first-order chi connectivity index (χ1) is 11.2. The van der Waals surface area contributed by atoms with Gasteiger partial charge < -0.3 is 11.1 Å². The Morgan fingerprint density at radius 2 is 2.08 bits per heavy atom. The van der Waals surface area contributed by atoms with Gasteiger partial charge in [-0.15, -0.1) is 12.4 Å². The third kappa shape index (κ3) is 4.36. The van der Waals surface area contributed by atoms with Gasteiger partial charge in [-0.2, -0.15) is 5.10 Å². The van der Waals surface area contributed by atoms with Crippen LogP contribution in [0.25, 0.3) is 0 Å². The number of nitrogens with zero attached hydrogens (tertiary/aromatic N) is 2. The van der Waals surface area contributed by atoms with E-state index in [1.807, 2.05) is 29.8 Å². The van der Waals surface area contributed by atoms with Crippen molar-refractivity contribution in [1.29, 1.82) is 0 Å². The van der Waals surface area contributed by atoms with Crippen LogP contribution in [0.5, 0.6) is 0 Å². The fraction of sp³-hybridized carbons (Fsp3) is 0.444. The van der Waals surface area contributed by atoms with Crippen LogP contribution in [0.3, 0.4) is 0 Å². The first-order valence-corrected chi connectivity index (χ1v) is 8.31. The van der Waals surface area contributed by atoms with Crippen LogP contribution >= 0.6 is 12.4 Å². The molecule has 0 aliphatic heterocycles. The van der Waals surface area contributed by atoms with Gasteiger partial charge in [-0.1, -0.05) is 37.3 Å². The van der Waals surface area contributed by atoms with Gasteiger partial charge in [-0.3, -0.25) is 9.48 Å². The minimum absolute atomic E-state index is 0. The molecule has 3 N–H and O–H groups in total. The Bertz CT molecular complexity index is 667. The van der Waals surface area contributed by atoms with E-state index in [1.54, 1.807) is 6.20 Å². The van der Waals surface area contributed by atoms with Crippen molar-refractivity contribution < 1.29 is 4.79 Å². The molecule has 1 unspecified atom stereocenters. The molecule has 24 heavy (non-hydrogen) atoms. The monoisotopic (exact) mass is 348 g/mol. The highest BCUT2D eigenvalue weighted by molar-refractivity contribution is 5.95. The molecule has 1 amide bonds. The predicted molar refractivity (Wildman–Crippen MR) is 97.4 cm³/mol. The van der Waals surface area contributed by atoms with Crippen LogP contribution in [0.4, 0.5) is 0 Å². The Labute approximate surface area is 149 Å². The quantitative estimate of drug-likeness (QED) is 0.806. The van der Waals surface area contributed by atoms with Gasteiger partial charge in [0.25, 0.3) is 5.91 Å². The SMILES string of the molecule is CCc1c(C(=O)NCC(N)C2CC2)cnn1Cc1ccccc1.Cl. The molecule has 6 heteroatoms. The molecule has 3 rings (SSSR count). The smallest absolute Gasteiger partial charge is 0.254 e. The lowest BCUT2D eigenvalue weighted by molar-refractivity contribution is 0.0949. The van der Waals surface area contributed by atoms with Crippen LogP contribution in [0.1, 0.15) is 41.4 Å². The van der Waals surface area contributed by atoms with E-state index in [2.05, 4.69) is 22.5 Å². The maximum Gasteiger partial charge on any atom is 0.254 e. The van der Waals surface area contributed by atoms with Gasteiger partial charge in [0.05, 0.1) is 24.0 Å². The highest BCUT2D eigenvalue weighted by Gasteiger charge is 2.28. The lowest BCUT2D eigenvalue weighted by Gasteiger charge is -2.12. The Balaban J connectivity index is 0.00000208. The van der Waals surface area contributed by atoms with Gasteiger partial charge in [0.1, 0.15) is 0 Å². The van der Waals surface area contributed by atoms with Crippen molar-refractivity contribution in [3.05, 3.63) is 53.3 Å². The highest BCUT2D eigenvalue weighted by Crippen LogP contribution is 2.31. The molecule has 0 radical (unpaired) electrons. The second-order valence-corrected chi connectivity index (χ2v) is 6.21. The summed E-state index contributed by atoms with van der Waals surface area (Å²) in [5.74, 6) is 0.513. The molecule has 1 aliphatic carbocycles. The molecule has 1 fully saturated rings. The number of hydrogen-bond acceptors (Lipinski definition) is 3. The fourth-order valence-corrected chi connectivity index (χ4v) is 2.86. The summed E-state index contributed by atoms with van der Waals surface area (Å²) in [6.07, 6.45) is 4.81. The number of hydrogen-bond donors (Lipinski definition) is 2. The van der Waals surface area contributed by atoms with Gasteiger partial charge in [-0.05, 0) is 30.7 Å². The van der Waals surface area contributed by atoms with Crippen LogP contribution in [-0.2, 0) is 13.0 Å². The lowest BCUT2D eigenvalue weighted by atomic mass is 10.1. The van der Waals surface area contributed by atoms with Crippen LogP contribution in [0, 0.1) is 5.92 Å². The minimum atomic E-state index is -0.0720. The Morgan fingerprint density at radius 3 is 2.71 bits per heavy atom. The van der Waals surface area contributed by atoms with Gasteiger partial charge in [0.15, 0.2) is 0 Å². The van der Waals surface area contributed by atoms with Crippen LogP contribution in [0.2, 0.25) is 0 Å². The summed E-state index contributed by atoms with van der Waals surface area (Å²) >= 11 is 0. The Hall–Kier alpha value is -1.85. The molecule has 1 aromatic carbocycles. The Kier molecular flexibility index (Phi) is 6.40. The number of rotatable bonds is 7. The van der Waals surface area contributed by atoms with Crippen LogP contribution < -0.4 is 11.1 Å². The summed E-state index contributed by atoms with van der Waals surface area (Å²) in [5.41, 5.74) is 8.84. The minimum Gasteiger partial charge on any atom is -0.350 e. The van der Waals surface area contributed by atoms with Gasteiger partial charge >= 0.3 is 0 Å². The number of nitrogens with one attached hydrogen (secondary N) is 1. The lowest BCUT2D eigenvalue weighted by Crippen LogP contribution is -2.38. The molecule has 1 aliphatic rings. The van der Waals surface area contributed by atoms with E-state index in [4.69, 9.17) is 5.73 Å². The molecule has 1 saturated carbocycles. The number of aromatic nitrogens is 2. The van der Waals surface area contributed by atoms with Crippen molar-refractivity contribution in [3.63, 3.8) is 0 Å². The molecule has 130 valence electrons. The van der Waals surface area contributed by atoms with Crippen molar-refractivity contribution in [1.82, 2.24) is 15.1 Å². The molecule has 0 bridgehead atoms. The second kappa shape index (κ2) is 8.31. The highest BCUT2D eigenvalue weighted by atomic mass is 35.5. The zero-order chi connectivity index (χ0) is 16.2. The molecular formula is C18H25ClN4O. The first kappa shape index (κ1) is 18.5. The van der Waals surface area contributed by atoms with E-state index in [-0.39, 0.29) is 24.4 Å². The predicted octanol–water partition coefficient (Wildman–Crippen LogP) is 2.38. The van der Waals surface area contributed by atoms with Crippen LogP contribution in [0.15, 0.2) is 36.5 Å². The van der Waals surface area contributed by atoms with Crippen molar-refractivity contribution in [2.45, 2.75) is 38.8 Å². The molecule has 0 spiro atoms. The normalized spacial score (nSPS) is 14.8. The maximum atomic E-state index is 12.4. The zero-order valence-electron chi connectivity index (χ0n) is 13.9. The number of carbonyl (C=O) groups excluding carboxylic acids is 1. The zero-order valence-corrected chi connectivity index (χ0v) is 14.8. The van der Waals surface area contributed by atoms with Crippen molar-refractivity contribution in [2.24, 2.45) is 11.7 Å². The standard InChI is InChI=1S/C18H24N4O.ClH/c1-2-17-15(18(23)20-11-16(19)14-8-9-14)10-21-22(17)12-13-6-4-3-5-7-13;/h3-7,10,14,16H,2,8-9,11-12,19H2,1H3,(H,20,23);1H. The van der Waals surface area contributed by atoms with Crippen LogP contribution in [-0.4, -0.2) is 28.3 Å². The average Bonchev–Trinajstić information content (AvgIpc) is 3.35. The van der Waals surface area contributed by atoms with Gasteiger partial charge in [0, 0.05) is 12.6 Å². The largest absolute Gasteiger partial charge is 0.350 e. The third-order valence-electron chi connectivity index (χ3n) is 4.43. The van der Waals surface area contributed by atoms with Crippen molar-refractivity contribution in [2.75, 3.05) is 6.54 Å². The molecule has 5 nitrogen and oxygen atoms in total. The summed E-state index contributed by atoms with van der Waals surface area (Å²) in [6.45, 7) is 3.26. The summed E-state index contributed by atoms with van der Waals surface area (Å²) in [7, 11) is 0. The number of halogens is 1. The third-order valence-corrected chi connectivity index (χ3v) is 4.43. The van der Waals surface area contributed by atoms with E-state index in [0.717, 1.165) is 12.1 Å². The number of nitrogens with two attached hydrogens (primary N) is 1.